The monoisotopic (exact) mass is 331 g/mol. The van der Waals surface area contributed by atoms with Gasteiger partial charge in [-0.2, -0.15) is 5.10 Å². The highest BCUT2D eigenvalue weighted by molar-refractivity contribution is 9.10. The SMILES string of the molecule is CCc1nn(CC)c(CC2(F)CCC(N)CC2)c1Br. The molecule has 0 bridgehead atoms. The lowest BCUT2D eigenvalue weighted by molar-refractivity contribution is 0.0968. The summed E-state index contributed by atoms with van der Waals surface area (Å²) in [5.41, 5.74) is 6.77. The summed E-state index contributed by atoms with van der Waals surface area (Å²) in [6, 6.07) is 0.176. The normalized spacial score (nSPS) is 27.7. The lowest BCUT2D eigenvalue weighted by Crippen LogP contribution is -2.37. The van der Waals surface area contributed by atoms with E-state index in [1.54, 1.807) is 0 Å². The minimum atomic E-state index is -1.11. The van der Waals surface area contributed by atoms with Crippen molar-refractivity contribution in [1.82, 2.24) is 9.78 Å². The molecule has 2 rings (SSSR count). The molecule has 1 heterocycles. The molecular weight excluding hydrogens is 309 g/mol. The molecule has 1 aromatic heterocycles. The fourth-order valence-electron chi connectivity index (χ4n) is 2.82. The minimum absolute atomic E-state index is 0.176. The first-order valence-corrected chi connectivity index (χ1v) is 7.97. The van der Waals surface area contributed by atoms with E-state index in [1.807, 2.05) is 11.6 Å². The largest absolute Gasteiger partial charge is 0.328 e. The zero-order chi connectivity index (χ0) is 14.0. The van der Waals surface area contributed by atoms with Crippen molar-refractivity contribution in [2.45, 2.75) is 70.6 Å². The van der Waals surface area contributed by atoms with Gasteiger partial charge in [-0.05, 0) is 55.0 Å². The summed E-state index contributed by atoms with van der Waals surface area (Å²) in [5.74, 6) is 0. The van der Waals surface area contributed by atoms with Gasteiger partial charge in [-0.3, -0.25) is 4.68 Å². The minimum Gasteiger partial charge on any atom is -0.328 e. The third-order valence-corrected chi connectivity index (χ3v) is 5.02. The molecule has 0 unspecified atom stereocenters. The van der Waals surface area contributed by atoms with Crippen LogP contribution in [0.4, 0.5) is 4.39 Å². The topological polar surface area (TPSA) is 43.8 Å². The van der Waals surface area contributed by atoms with E-state index < -0.39 is 5.67 Å². The molecule has 0 amide bonds. The quantitative estimate of drug-likeness (QED) is 0.919. The maximum absolute atomic E-state index is 14.9. The number of hydrogen-bond acceptors (Lipinski definition) is 2. The zero-order valence-electron chi connectivity index (χ0n) is 11.8. The highest BCUT2D eigenvalue weighted by atomic mass is 79.9. The van der Waals surface area contributed by atoms with Crippen LogP contribution in [0.3, 0.4) is 0 Å². The van der Waals surface area contributed by atoms with Crippen molar-refractivity contribution < 1.29 is 4.39 Å². The molecule has 1 aromatic rings. The van der Waals surface area contributed by atoms with E-state index in [9.17, 15) is 4.39 Å². The van der Waals surface area contributed by atoms with Gasteiger partial charge in [-0.1, -0.05) is 6.92 Å². The summed E-state index contributed by atoms with van der Waals surface area (Å²) in [6.45, 7) is 4.90. The average Bonchev–Trinajstić information content (AvgIpc) is 2.70. The van der Waals surface area contributed by atoms with Crippen LogP contribution in [0.2, 0.25) is 0 Å². The van der Waals surface area contributed by atoms with Crippen molar-refractivity contribution in [2.24, 2.45) is 5.73 Å². The number of hydrogen-bond donors (Lipinski definition) is 1. The summed E-state index contributed by atoms with van der Waals surface area (Å²) in [4.78, 5) is 0. The molecule has 1 saturated carbocycles. The molecule has 5 heteroatoms. The summed E-state index contributed by atoms with van der Waals surface area (Å²) >= 11 is 3.59. The lowest BCUT2D eigenvalue weighted by Gasteiger charge is -2.32. The third-order valence-electron chi connectivity index (χ3n) is 4.10. The van der Waals surface area contributed by atoms with Gasteiger partial charge in [0.25, 0.3) is 0 Å². The summed E-state index contributed by atoms with van der Waals surface area (Å²) in [7, 11) is 0. The molecule has 0 saturated heterocycles. The van der Waals surface area contributed by atoms with E-state index in [0.717, 1.165) is 41.7 Å². The Morgan fingerprint density at radius 2 is 2.05 bits per heavy atom. The van der Waals surface area contributed by atoms with E-state index in [1.165, 1.54) is 0 Å². The van der Waals surface area contributed by atoms with Gasteiger partial charge in [0.1, 0.15) is 5.67 Å². The van der Waals surface area contributed by atoms with Crippen LogP contribution in [0.25, 0.3) is 0 Å². The Labute approximate surface area is 122 Å². The maximum atomic E-state index is 14.9. The van der Waals surface area contributed by atoms with E-state index in [4.69, 9.17) is 5.73 Å². The molecule has 0 aliphatic heterocycles. The molecule has 1 aliphatic carbocycles. The average molecular weight is 332 g/mol. The zero-order valence-corrected chi connectivity index (χ0v) is 13.3. The second-order valence-electron chi connectivity index (χ2n) is 5.54. The molecule has 0 aromatic carbocycles. The molecule has 1 fully saturated rings. The van der Waals surface area contributed by atoms with Crippen LogP contribution in [0, 0.1) is 0 Å². The number of aromatic nitrogens is 2. The summed E-state index contributed by atoms with van der Waals surface area (Å²) in [5, 5.41) is 4.54. The Bertz CT molecular complexity index is 436. The smallest absolute Gasteiger partial charge is 0.116 e. The molecular formula is C14H23BrFN3. The Morgan fingerprint density at radius 1 is 1.42 bits per heavy atom. The van der Waals surface area contributed by atoms with Gasteiger partial charge < -0.3 is 5.73 Å². The van der Waals surface area contributed by atoms with Crippen molar-refractivity contribution in [3.8, 4) is 0 Å². The molecule has 108 valence electrons. The van der Waals surface area contributed by atoms with Crippen molar-refractivity contribution in [2.75, 3.05) is 0 Å². The van der Waals surface area contributed by atoms with Gasteiger partial charge in [0.2, 0.25) is 0 Å². The van der Waals surface area contributed by atoms with Gasteiger partial charge in [0, 0.05) is 19.0 Å². The molecule has 0 radical (unpaired) electrons. The second-order valence-corrected chi connectivity index (χ2v) is 6.33. The number of nitrogens with zero attached hydrogens (tertiary/aromatic N) is 2. The molecule has 3 nitrogen and oxygen atoms in total. The number of halogens is 2. The number of alkyl halides is 1. The van der Waals surface area contributed by atoms with Crippen molar-refractivity contribution in [1.29, 1.82) is 0 Å². The van der Waals surface area contributed by atoms with Crippen LogP contribution in [0.1, 0.15) is 50.9 Å². The summed E-state index contributed by atoms with van der Waals surface area (Å²) < 4.78 is 17.8. The van der Waals surface area contributed by atoms with Gasteiger partial charge in [0.05, 0.1) is 15.9 Å². The van der Waals surface area contributed by atoms with E-state index in [2.05, 4.69) is 28.0 Å². The van der Waals surface area contributed by atoms with Crippen LogP contribution in [0.5, 0.6) is 0 Å². The molecule has 0 atom stereocenters. The maximum Gasteiger partial charge on any atom is 0.116 e. The predicted molar refractivity (Wildman–Crippen MR) is 79.0 cm³/mol. The van der Waals surface area contributed by atoms with Crippen molar-refractivity contribution in [3.63, 3.8) is 0 Å². The van der Waals surface area contributed by atoms with E-state index in [0.29, 0.717) is 19.3 Å². The first-order valence-electron chi connectivity index (χ1n) is 7.17. The predicted octanol–water partition coefficient (Wildman–Crippen LogP) is 3.38. The summed E-state index contributed by atoms with van der Waals surface area (Å²) in [6.07, 6.45) is 4.02. The number of aryl methyl sites for hydroxylation is 2. The van der Waals surface area contributed by atoms with Crippen molar-refractivity contribution in [3.05, 3.63) is 15.9 Å². The first-order chi connectivity index (χ1) is 8.99. The number of rotatable bonds is 4. The van der Waals surface area contributed by atoms with Gasteiger partial charge in [-0.15, -0.1) is 0 Å². The molecule has 0 spiro atoms. The Morgan fingerprint density at radius 3 is 2.58 bits per heavy atom. The number of nitrogens with two attached hydrogens (primary N) is 1. The first kappa shape index (κ1) is 15.0. The Hall–Kier alpha value is -0.420. The molecule has 19 heavy (non-hydrogen) atoms. The van der Waals surface area contributed by atoms with Crippen LogP contribution in [-0.4, -0.2) is 21.5 Å². The fourth-order valence-corrected chi connectivity index (χ4v) is 3.53. The Balaban J connectivity index is 2.20. The van der Waals surface area contributed by atoms with Crippen LogP contribution < -0.4 is 5.73 Å². The third kappa shape index (κ3) is 3.19. The lowest BCUT2D eigenvalue weighted by atomic mass is 9.81. The second kappa shape index (κ2) is 5.92. The van der Waals surface area contributed by atoms with Gasteiger partial charge in [0.15, 0.2) is 0 Å². The highest BCUT2D eigenvalue weighted by Crippen LogP contribution is 2.36. The standard InChI is InChI=1S/C14H23BrFN3/c1-3-11-13(15)12(19(4-2)18-11)9-14(16)7-5-10(17)6-8-14/h10H,3-9,17H2,1-2H3. The van der Waals surface area contributed by atoms with E-state index in [-0.39, 0.29) is 6.04 Å². The van der Waals surface area contributed by atoms with Crippen molar-refractivity contribution >= 4 is 15.9 Å². The van der Waals surface area contributed by atoms with Gasteiger partial charge in [-0.25, -0.2) is 4.39 Å². The van der Waals surface area contributed by atoms with Gasteiger partial charge >= 0.3 is 0 Å². The molecule has 2 N–H and O–H groups in total. The van der Waals surface area contributed by atoms with Crippen LogP contribution in [-0.2, 0) is 19.4 Å². The van der Waals surface area contributed by atoms with Crippen LogP contribution in [0.15, 0.2) is 4.47 Å². The highest BCUT2D eigenvalue weighted by Gasteiger charge is 2.36. The van der Waals surface area contributed by atoms with Crippen LogP contribution >= 0.6 is 15.9 Å². The fraction of sp³-hybridized carbons (Fsp3) is 0.786. The molecule has 1 aliphatic rings. The van der Waals surface area contributed by atoms with E-state index >= 15 is 0 Å². The Kier molecular flexibility index (Phi) is 4.66.